The maximum atomic E-state index is 11.3. The van der Waals surface area contributed by atoms with Gasteiger partial charge in [-0.3, -0.25) is 9.59 Å². The molecule has 0 heterocycles. The van der Waals surface area contributed by atoms with E-state index >= 15 is 0 Å². The third-order valence-electron chi connectivity index (χ3n) is 2.63. The molecule has 0 saturated heterocycles. The number of aliphatic carboxylic acids is 1. The molecule has 20 heavy (non-hydrogen) atoms. The van der Waals surface area contributed by atoms with Gasteiger partial charge in [0.25, 0.3) is 0 Å². The summed E-state index contributed by atoms with van der Waals surface area (Å²) in [4.78, 5) is 21.5. The van der Waals surface area contributed by atoms with Crippen LogP contribution in [0.15, 0.2) is 24.3 Å². The van der Waals surface area contributed by atoms with Crippen LogP contribution in [0.1, 0.15) is 18.4 Å². The van der Waals surface area contributed by atoms with E-state index < -0.39 is 18.0 Å². The fraction of sp³-hybridized carbons (Fsp3) is 0.429. The highest BCUT2D eigenvalue weighted by atomic mass is 16.5. The quantitative estimate of drug-likeness (QED) is 0.652. The van der Waals surface area contributed by atoms with Crippen LogP contribution in [0.2, 0.25) is 0 Å². The van der Waals surface area contributed by atoms with Crippen molar-refractivity contribution in [2.24, 2.45) is 0 Å². The maximum absolute atomic E-state index is 11.3. The lowest BCUT2D eigenvalue weighted by Crippen LogP contribution is -2.35. The van der Waals surface area contributed by atoms with Crippen molar-refractivity contribution in [1.29, 1.82) is 0 Å². The number of nitrogens with one attached hydrogen (secondary N) is 1. The van der Waals surface area contributed by atoms with Gasteiger partial charge in [-0.1, -0.05) is 18.2 Å². The van der Waals surface area contributed by atoms with Crippen LogP contribution >= 0.6 is 0 Å². The molecule has 1 unspecified atom stereocenters. The lowest BCUT2D eigenvalue weighted by atomic mass is 10.2. The molecule has 0 saturated carbocycles. The summed E-state index contributed by atoms with van der Waals surface area (Å²) in [5, 5.41) is 20.6. The van der Waals surface area contributed by atoms with Gasteiger partial charge in [0.2, 0.25) is 5.91 Å². The minimum absolute atomic E-state index is 0.0321. The molecule has 3 N–H and O–H groups in total. The molecule has 0 aliphatic rings. The van der Waals surface area contributed by atoms with E-state index in [1.165, 1.54) is 0 Å². The van der Waals surface area contributed by atoms with Crippen LogP contribution in [0, 0.1) is 6.92 Å². The summed E-state index contributed by atoms with van der Waals surface area (Å²) in [5.41, 5.74) is 0.963. The van der Waals surface area contributed by atoms with Gasteiger partial charge in [0.05, 0.1) is 6.42 Å². The fourth-order valence-corrected chi connectivity index (χ4v) is 1.50. The summed E-state index contributed by atoms with van der Waals surface area (Å²) >= 11 is 0. The Morgan fingerprint density at radius 2 is 2.00 bits per heavy atom. The zero-order valence-corrected chi connectivity index (χ0v) is 11.3. The highest BCUT2D eigenvalue weighted by Crippen LogP contribution is 2.16. The zero-order valence-electron chi connectivity index (χ0n) is 11.3. The predicted octanol–water partition coefficient (Wildman–Crippen LogP) is 0.716. The van der Waals surface area contributed by atoms with E-state index in [9.17, 15) is 14.7 Å². The molecule has 0 aliphatic heterocycles. The Balaban J connectivity index is 2.23. The average molecular weight is 281 g/mol. The summed E-state index contributed by atoms with van der Waals surface area (Å²) in [6, 6.07) is 7.42. The van der Waals surface area contributed by atoms with Gasteiger partial charge in [-0.15, -0.1) is 0 Å². The first-order valence-electron chi connectivity index (χ1n) is 6.34. The molecular formula is C14H19NO5. The minimum atomic E-state index is -1.02. The van der Waals surface area contributed by atoms with Gasteiger partial charge in [0, 0.05) is 13.0 Å². The average Bonchev–Trinajstić information content (AvgIpc) is 2.42. The second-order valence-corrected chi connectivity index (χ2v) is 4.43. The molecule has 1 amide bonds. The monoisotopic (exact) mass is 281 g/mol. The number of benzene rings is 1. The number of aliphatic hydroxyl groups excluding tert-OH is 1. The number of carboxylic acid groups (broad SMARTS) is 1. The molecule has 0 radical (unpaired) electrons. The van der Waals surface area contributed by atoms with Gasteiger partial charge in [0.15, 0.2) is 0 Å². The molecule has 0 aliphatic carbocycles. The smallest absolute Gasteiger partial charge is 0.303 e. The van der Waals surface area contributed by atoms with Crippen LogP contribution < -0.4 is 10.1 Å². The molecule has 1 aromatic carbocycles. The highest BCUT2D eigenvalue weighted by Gasteiger charge is 2.10. The maximum Gasteiger partial charge on any atom is 0.303 e. The Kier molecular flexibility index (Phi) is 6.52. The van der Waals surface area contributed by atoms with Gasteiger partial charge >= 0.3 is 5.97 Å². The lowest BCUT2D eigenvalue weighted by Gasteiger charge is -2.14. The number of para-hydroxylation sites is 1. The van der Waals surface area contributed by atoms with E-state index in [1.54, 1.807) is 6.07 Å². The van der Waals surface area contributed by atoms with Crippen LogP contribution in [-0.2, 0) is 9.59 Å². The summed E-state index contributed by atoms with van der Waals surface area (Å²) in [6.07, 6.45) is -1.16. The number of ether oxygens (including phenoxy) is 1. The molecule has 1 rings (SSSR count). The molecule has 0 spiro atoms. The number of aryl methyl sites for hydroxylation is 1. The number of rotatable bonds is 8. The Bertz CT molecular complexity index is 461. The van der Waals surface area contributed by atoms with Gasteiger partial charge in [-0.2, -0.15) is 0 Å². The summed E-state index contributed by atoms with van der Waals surface area (Å²) < 4.78 is 5.43. The normalized spacial score (nSPS) is 11.7. The highest BCUT2D eigenvalue weighted by molar-refractivity contribution is 5.80. The number of hydrogen-bond donors (Lipinski definition) is 3. The standard InChI is InChI=1S/C14H19NO5/c1-10-4-2-3-5-12(10)20-9-11(16)8-15-13(17)6-7-14(18)19/h2-5,11,16H,6-9H2,1H3,(H,15,17)(H,18,19). The van der Waals surface area contributed by atoms with Crippen molar-refractivity contribution in [2.45, 2.75) is 25.9 Å². The van der Waals surface area contributed by atoms with Gasteiger partial charge in [-0.25, -0.2) is 0 Å². The van der Waals surface area contributed by atoms with E-state index in [0.717, 1.165) is 5.56 Å². The second kappa shape index (κ2) is 8.16. The van der Waals surface area contributed by atoms with Gasteiger partial charge in [-0.05, 0) is 18.6 Å². The topological polar surface area (TPSA) is 95.9 Å². The molecule has 0 aromatic heterocycles. The Labute approximate surface area is 117 Å². The summed E-state index contributed by atoms with van der Waals surface area (Å²) in [7, 11) is 0. The predicted molar refractivity (Wildman–Crippen MR) is 72.6 cm³/mol. The van der Waals surface area contributed by atoms with Crippen LogP contribution in [0.4, 0.5) is 0 Å². The Hall–Kier alpha value is -2.08. The fourth-order valence-electron chi connectivity index (χ4n) is 1.50. The lowest BCUT2D eigenvalue weighted by molar-refractivity contribution is -0.138. The molecule has 1 aromatic rings. The SMILES string of the molecule is Cc1ccccc1OCC(O)CNC(=O)CCC(=O)O. The van der Waals surface area contributed by atoms with E-state index in [4.69, 9.17) is 9.84 Å². The molecule has 0 bridgehead atoms. The molecule has 1 atom stereocenters. The largest absolute Gasteiger partial charge is 0.491 e. The van der Waals surface area contributed by atoms with Crippen molar-refractivity contribution in [1.82, 2.24) is 5.32 Å². The Morgan fingerprint density at radius 1 is 1.30 bits per heavy atom. The van der Waals surface area contributed by atoms with Crippen molar-refractivity contribution in [3.63, 3.8) is 0 Å². The first kappa shape index (κ1) is 16.0. The minimum Gasteiger partial charge on any atom is -0.491 e. The van der Waals surface area contributed by atoms with E-state index in [1.807, 2.05) is 25.1 Å². The number of carbonyl (C=O) groups excluding carboxylic acids is 1. The zero-order chi connectivity index (χ0) is 15.0. The van der Waals surface area contributed by atoms with Crippen molar-refractivity contribution < 1.29 is 24.5 Å². The van der Waals surface area contributed by atoms with Crippen molar-refractivity contribution in [2.75, 3.05) is 13.2 Å². The number of aliphatic hydroxyl groups is 1. The first-order valence-corrected chi connectivity index (χ1v) is 6.34. The summed E-state index contributed by atoms with van der Waals surface area (Å²) in [6.45, 7) is 1.99. The van der Waals surface area contributed by atoms with E-state index in [-0.39, 0.29) is 26.0 Å². The van der Waals surface area contributed by atoms with Gasteiger partial charge < -0.3 is 20.3 Å². The summed E-state index contributed by atoms with van der Waals surface area (Å²) in [5.74, 6) is -0.741. The molecule has 6 heteroatoms. The van der Waals surface area contributed by atoms with Crippen LogP contribution in [0.5, 0.6) is 5.75 Å². The molecule has 0 fully saturated rings. The molecule has 6 nitrogen and oxygen atoms in total. The third-order valence-corrected chi connectivity index (χ3v) is 2.63. The van der Waals surface area contributed by atoms with Crippen molar-refractivity contribution >= 4 is 11.9 Å². The van der Waals surface area contributed by atoms with Crippen molar-refractivity contribution in [3.8, 4) is 5.75 Å². The first-order chi connectivity index (χ1) is 9.49. The second-order valence-electron chi connectivity index (χ2n) is 4.43. The van der Waals surface area contributed by atoms with Crippen LogP contribution in [0.25, 0.3) is 0 Å². The van der Waals surface area contributed by atoms with Gasteiger partial charge in [0.1, 0.15) is 18.5 Å². The molecular weight excluding hydrogens is 262 g/mol. The molecule has 110 valence electrons. The van der Waals surface area contributed by atoms with E-state index in [2.05, 4.69) is 5.32 Å². The van der Waals surface area contributed by atoms with Crippen LogP contribution in [-0.4, -0.2) is 41.3 Å². The number of carbonyl (C=O) groups is 2. The van der Waals surface area contributed by atoms with Crippen LogP contribution in [0.3, 0.4) is 0 Å². The third kappa shape index (κ3) is 6.19. The number of amides is 1. The van der Waals surface area contributed by atoms with Crippen molar-refractivity contribution in [3.05, 3.63) is 29.8 Å². The Morgan fingerprint density at radius 3 is 2.65 bits per heavy atom. The van der Waals surface area contributed by atoms with E-state index in [0.29, 0.717) is 5.75 Å². The number of carboxylic acids is 1. The number of hydrogen-bond acceptors (Lipinski definition) is 4.